The molecule has 0 radical (unpaired) electrons. The minimum absolute atomic E-state index is 0.0301. The molecule has 0 aromatic heterocycles. The lowest BCUT2D eigenvalue weighted by molar-refractivity contribution is -0.119. The summed E-state index contributed by atoms with van der Waals surface area (Å²) >= 11 is 0. The number of benzene rings is 1. The first-order valence-corrected chi connectivity index (χ1v) is 8.63. The van der Waals surface area contributed by atoms with E-state index in [1.807, 2.05) is 0 Å². The molecule has 116 valence electrons. The first-order valence-electron chi connectivity index (χ1n) is 6.91. The van der Waals surface area contributed by atoms with Gasteiger partial charge in [0, 0.05) is 12.1 Å². The summed E-state index contributed by atoms with van der Waals surface area (Å²) in [5.41, 5.74) is 6.94. The summed E-state index contributed by atoms with van der Waals surface area (Å²) in [6.45, 7) is 0.535. The topological polar surface area (TPSA) is 115 Å². The average molecular weight is 311 g/mol. The van der Waals surface area contributed by atoms with Crippen molar-refractivity contribution >= 4 is 21.6 Å². The van der Waals surface area contributed by atoms with Crippen molar-refractivity contribution in [2.24, 2.45) is 16.3 Å². The van der Waals surface area contributed by atoms with Crippen molar-refractivity contribution in [1.82, 2.24) is 0 Å². The van der Waals surface area contributed by atoms with E-state index in [9.17, 15) is 13.2 Å². The van der Waals surface area contributed by atoms with Crippen LogP contribution in [0.1, 0.15) is 31.2 Å². The second-order valence-corrected chi connectivity index (χ2v) is 7.40. The fourth-order valence-electron chi connectivity index (χ4n) is 2.59. The van der Waals surface area contributed by atoms with Crippen molar-refractivity contribution < 1.29 is 13.2 Å². The molecule has 1 aliphatic rings. The Hall–Kier alpha value is -1.44. The minimum atomic E-state index is -3.54. The lowest BCUT2D eigenvalue weighted by Gasteiger charge is -2.40. The fourth-order valence-corrected chi connectivity index (χ4v) is 3.25. The van der Waals surface area contributed by atoms with Gasteiger partial charge in [0.25, 0.3) is 0 Å². The number of nitrogens with two attached hydrogens (primary N) is 2. The second-order valence-electron chi connectivity index (χ2n) is 5.79. The number of sulfonamides is 1. The number of anilines is 1. The van der Waals surface area contributed by atoms with Gasteiger partial charge in [-0.3, -0.25) is 4.79 Å². The van der Waals surface area contributed by atoms with E-state index in [1.165, 1.54) is 0 Å². The Morgan fingerprint density at radius 2 is 1.86 bits per heavy atom. The Morgan fingerprint density at radius 1 is 1.24 bits per heavy atom. The molecule has 0 atom stereocenters. The highest BCUT2D eigenvalue weighted by atomic mass is 32.2. The molecule has 1 aliphatic carbocycles. The van der Waals surface area contributed by atoms with Gasteiger partial charge >= 0.3 is 0 Å². The zero-order valence-corrected chi connectivity index (χ0v) is 12.7. The number of carbonyl (C=O) groups excluding carboxylic acids is 1. The van der Waals surface area contributed by atoms with Gasteiger partial charge in [0.05, 0.1) is 5.75 Å². The summed E-state index contributed by atoms with van der Waals surface area (Å²) in [5.74, 6) is -0.267. The van der Waals surface area contributed by atoms with Crippen molar-refractivity contribution in [3.8, 4) is 0 Å². The number of carbonyl (C=O) groups is 1. The van der Waals surface area contributed by atoms with E-state index in [-0.39, 0.29) is 17.1 Å². The summed E-state index contributed by atoms with van der Waals surface area (Å²) < 4.78 is 22.0. The predicted molar refractivity (Wildman–Crippen MR) is 81.8 cm³/mol. The lowest BCUT2D eigenvalue weighted by Crippen LogP contribution is -2.40. The Balaban J connectivity index is 1.92. The molecular weight excluding hydrogens is 290 g/mol. The van der Waals surface area contributed by atoms with Crippen LogP contribution in [0.2, 0.25) is 0 Å². The molecule has 0 bridgehead atoms. The molecule has 0 saturated heterocycles. The van der Waals surface area contributed by atoms with Crippen molar-refractivity contribution in [2.75, 3.05) is 11.9 Å². The SMILES string of the molecule is NCC1(CC(=O)Nc2ccc(CS(N)(=O)=O)cc2)CCC1. The largest absolute Gasteiger partial charge is 0.330 e. The highest BCUT2D eigenvalue weighted by Gasteiger charge is 2.37. The summed E-state index contributed by atoms with van der Waals surface area (Å²) in [6, 6.07) is 6.63. The molecule has 1 fully saturated rings. The van der Waals surface area contributed by atoms with Crippen molar-refractivity contribution in [3.05, 3.63) is 29.8 Å². The van der Waals surface area contributed by atoms with Gasteiger partial charge < -0.3 is 11.1 Å². The standard InChI is InChI=1S/C14H21N3O3S/c15-10-14(6-1-7-14)8-13(18)17-12-4-2-11(3-5-12)9-21(16,19)20/h2-5H,1,6-10,15H2,(H,17,18)(H2,16,19,20). The Morgan fingerprint density at radius 3 is 2.29 bits per heavy atom. The van der Waals surface area contributed by atoms with Gasteiger partial charge in [0.15, 0.2) is 0 Å². The van der Waals surface area contributed by atoms with E-state index in [1.54, 1.807) is 24.3 Å². The van der Waals surface area contributed by atoms with E-state index >= 15 is 0 Å². The highest BCUT2D eigenvalue weighted by molar-refractivity contribution is 7.88. The van der Waals surface area contributed by atoms with Crippen LogP contribution in [0, 0.1) is 5.41 Å². The van der Waals surface area contributed by atoms with Gasteiger partial charge in [-0.15, -0.1) is 0 Å². The first kappa shape index (κ1) is 15.9. The molecule has 2 rings (SSSR count). The van der Waals surface area contributed by atoms with Gasteiger partial charge in [-0.05, 0) is 42.5 Å². The highest BCUT2D eigenvalue weighted by Crippen LogP contribution is 2.43. The summed E-state index contributed by atoms with van der Waals surface area (Å²) in [7, 11) is -3.54. The molecule has 1 amide bonds. The fraction of sp³-hybridized carbons (Fsp3) is 0.500. The van der Waals surface area contributed by atoms with Gasteiger partial charge in [0.1, 0.15) is 0 Å². The van der Waals surface area contributed by atoms with E-state index in [0.717, 1.165) is 19.3 Å². The maximum Gasteiger partial charge on any atom is 0.224 e. The van der Waals surface area contributed by atoms with Crippen LogP contribution in [0.3, 0.4) is 0 Å². The number of hydrogen-bond donors (Lipinski definition) is 3. The van der Waals surface area contributed by atoms with E-state index in [0.29, 0.717) is 24.2 Å². The van der Waals surface area contributed by atoms with Crippen LogP contribution in [0.15, 0.2) is 24.3 Å². The zero-order valence-electron chi connectivity index (χ0n) is 11.8. The Kier molecular flexibility index (Phi) is 4.65. The van der Waals surface area contributed by atoms with Crippen LogP contribution in [-0.2, 0) is 20.6 Å². The predicted octanol–water partition coefficient (Wildman–Crippen LogP) is 0.933. The molecule has 1 saturated carbocycles. The van der Waals surface area contributed by atoms with Gasteiger partial charge in [-0.25, -0.2) is 13.6 Å². The van der Waals surface area contributed by atoms with Crippen molar-refractivity contribution in [3.63, 3.8) is 0 Å². The first-order chi connectivity index (χ1) is 9.82. The third-order valence-corrected chi connectivity index (χ3v) is 4.72. The van der Waals surface area contributed by atoms with Crippen LogP contribution in [-0.4, -0.2) is 20.9 Å². The Labute approximate surface area is 124 Å². The van der Waals surface area contributed by atoms with Crippen LogP contribution in [0.5, 0.6) is 0 Å². The molecule has 0 spiro atoms. The van der Waals surface area contributed by atoms with E-state index in [4.69, 9.17) is 10.9 Å². The third-order valence-electron chi connectivity index (χ3n) is 3.99. The third kappa shape index (κ3) is 4.52. The number of hydrogen-bond acceptors (Lipinski definition) is 4. The quantitative estimate of drug-likeness (QED) is 0.725. The number of primary sulfonamides is 1. The summed E-state index contributed by atoms with van der Waals surface area (Å²) in [4.78, 5) is 12.0. The number of amides is 1. The lowest BCUT2D eigenvalue weighted by atomic mass is 9.66. The average Bonchev–Trinajstić information content (AvgIpc) is 2.34. The maximum absolute atomic E-state index is 12.0. The molecule has 6 nitrogen and oxygen atoms in total. The molecule has 0 aliphatic heterocycles. The van der Waals surface area contributed by atoms with Crippen molar-refractivity contribution in [1.29, 1.82) is 0 Å². The Bertz CT molecular complexity index is 601. The molecule has 21 heavy (non-hydrogen) atoms. The smallest absolute Gasteiger partial charge is 0.224 e. The van der Waals surface area contributed by atoms with E-state index < -0.39 is 10.0 Å². The van der Waals surface area contributed by atoms with Gasteiger partial charge in [0.2, 0.25) is 15.9 Å². The van der Waals surface area contributed by atoms with Crippen LogP contribution in [0.25, 0.3) is 0 Å². The molecule has 1 aromatic rings. The maximum atomic E-state index is 12.0. The number of nitrogens with one attached hydrogen (secondary N) is 1. The molecule has 5 N–H and O–H groups in total. The molecular formula is C14H21N3O3S. The monoisotopic (exact) mass is 311 g/mol. The molecule has 1 aromatic carbocycles. The molecule has 0 heterocycles. The number of rotatable bonds is 6. The normalized spacial score (nSPS) is 17.0. The van der Waals surface area contributed by atoms with Gasteiger partial charge in [-0.1, -0.05) is 18.6 Å². The van der Waals surface area contributed by atoms with E-state index in [2.05, 4.69) is 5.32 Å². The van der Waals surface area contributed by atoms with Crippen LogP contribution >= 0.6 is 0 Å². The van der Waals surface area contributed by atoms with Crippen LogP contribution in [0.4, 0.5) is 5.69 Å². The van der Waals surface area contributed by atoms with Crippen LogP contribution < -0.4 is 16.2 Å². The molecule has 0 unspecified atom stereocenters. The zero-order chi connectivity index (χ0) is 15.5. The van der Waals surface area contributed by atoms with Gasteiger partial charge in [-0.2, -0.15) is 0 Å². The minimum Gasteiger partial charge on any atom is -0.330 e. The summed E-state index contributed by atoms with van der Waals surface area (Å²) in [5, 5.41) is 7.80. The summed E-state index contributed by atoms with van der Waals surface area (Å²) in [6.07, 6.45) is 3.57. The second kappa shape index (κ2) is 6.13. The van der Waals surface area contributed by atoms with Crippen molar-refractivity contribution in [2.45, 2.75) is 31.4 Å². The molecule has 7 heteroatoms.